The molecule has 0 N–H and O–H groups in total. The van der Waals surface area contributed by atoms with Gasteiger partial charge in [0.1, 0.15) is 0 Å². The summed E-state index contributed by atoms with van der Waals surface area (Å²) in [5, 5.41) is 0. The second-order valence-electron chi connectivity index (χ2n) is 4.17. The number of unbranched alkanes of at least 4 members (excludes halogenated alkanes) is 2. The topological polar surface area (TPSA) is 0 Å². The molecule has 1 aromatic carbocycles. The highest BCUT2D eigenvalue weighted by atomic mass is 79.9. The minimum atomic E-state index is 1.22. The van der Waals surface area contributed by atoms with Gasteiger partial charge in [0.05, 0.1) is 0 Å². The van der Waals surface area contributed by atoms with Crippen LogP contribution in [0.5, 0.6) is 0 Å². The van der Waals surface area contributed by atoms with Crippen molar-refractivity contribution in [1.82, 2.24) is 0 Å². The third-order valence-electron chi connectivity index (χ3n) is 2.66. The standard InChI is InChI=1S/C14H21Br/c1-3-5-7-12-9-13(8-6-4-2)11-14(15)10-12/h9-11H,3-8H2,1-2H3. The van der Waals surface area contributed by atoms with Gasteiger partial charge < -0.3 is 0 Å². The first-order valence-corrected chi connectivity index (χ1v) is 6.84. The summed E-state index contributed by atoms with van der Waals surface area (Å²) < 4.78 is 1.24. The number of benzene rings is 1. The van der Waals surface area contributed by atoms with Gasteiger partial charge in [-0.15, -0.1) is 0 Å². The predicted molar refractivity (Wildman–Crippen MR) is 71.4 cm³/mol. The van der Waals surface area contributed by atoms with Crippen molar-refractivity contribution in [2.75, 3.05) is 0 Å². The zero-order chi connectivity index (χ0) is 11.1. The lowest BCUT2D eigenvalue weighted by Gasteiger charge is -2.06. The Hall–Kier alpha value is -0.300. The molecule has 15 heavy (non-hydrogen) atoms. The normalized spacial score (nSPS) is 10.6. The van der Waals surface area contributed by atoms with Gasteiger partial charge in [-0.25, -0.2) is 0 Å². The molecule has 0 aliphatic rings. The first-order chi connectivity index (χ1) is 7.26. The van der Waals surface area contributed by atoms with Crippen LogP contribution < -0.4 is 0 Å². The second-order valence-corrected chi connectivity index (χ2v) is 5.09. The lowest BCUT2D eigenvalue weighted by Crippen LogP contribution is -1.90. The highest BCUT2D eigenvalue weighted by Gasteiger charge is 1.99. The summed E-state index contributed by atoms with van der Waals surface area (Å²) in [7, 11) is 0. The van der Waals surface area contributed by atoms with E-state index in [2.05, 4.69) is 48.0 Å². The third-order valence-corrected chi connectivity index (χ3v) is 3.11. The maximum atomic E-state index is 3.60. The molecule has 0 unspecified atom stereocenters. The van der Waals surface area contributed by atoms with Gasteiger partial charge in [-0.2, -0.15) is 0 Å². The summed E-state index contributed by atoms with van der Waals surface area (Å²) in [6.45, 7) is 4.49. The van der Waals surface area contributed by atoms with E-state index < -0.39 is 0 Å². The lowest BCUT2D eigenvalue weighted by atomic mass is 10.0. The Morgan fingerprint density at radius 2 is 1.33 bits per heavy atom. The van der Waals surface area contributed by atoms with E-state index in [4.69, 9.17) is 0 Å². The van der Waals surface area contributed by atoms with Crippen LogP contribution in [0, 0.1) is 0 Å². The summed E-state index contributed by atoms with van der Waals surface area (Å²) >= 11 is 3.60. The lowest BCUT2D eigenvalue weighted by molar-refractivity contribution is 0.780. The fourth-order valence-corrected chi connectivity index (χ4v) is 2.36. The summed E-state index contributed by atoms with van der Waals surface area (Å²) in [5.74, 6) is 0. The molecular weight excluding hydrogens is 248 g/mol. The Morgan fingerprint density at radius 3 is 1.73 bits per heavy atom. The SMILES string of the molecule is CCCCc1cc(Br)cc(CCCC)c1. The maximum absolute atomic E-state index is 3.60. The van der Waals surface area contributed by atoms with E-state index in [-0.39, 0.29) is 0 Å². The van der Waals surface area contributed by atoms with Gasteiger partial charge in [0.25, 0.3) is 0 Å². The Balaban J connectivity index is 2.66. The van der Waals surface area contributed by atoms with E-state index in [9.17, 15) is 0 Å². The van der Waals surface area contributed by atoms with E-state index in [0.717, 1.165) is 0 Å². The van der Waals surface area contributed by atoms with Crippen molar-refractivity contribution in [3.63, 3.8) is 0 Å². The monoisotopic (exact) mass is 268 g/mol. The van der Waals surface area contributed by atoms with Crippen molar-refractivity contribution in [2.24, 2.45) is 0 Å². The first-order valence-electron chi connectivity index (χ1n) is 6.04. The molecule has 0 fully saturated rings. The number of hydrogen-bond acceptors (Lipinski definition) is 0. The molecular formula is C14H21Br. The molecule has 0 spiro atoms. The molecule has 0 bridgehead atoms. The second kappa shape index (κ2) is 7.05. The summed E-state index contributed by atoms with van der Waals surface area (Å²) in [6, 6.07) is 6.88. The summed E-state index contributed by atoms with van der Waals surface area (Å²) in [6.07, 6.45) is 7.57. The van der Waals surface area contributed by atoms with Gasteiger partial charge in [-0.05, 0) is 48.9 Å². The van der Waals surface area contributed by atoms with Crippen LogP contribution in [-0.2, 0) is 12.8 Å². The van der Waals surface area contributed by atoms with Crippen molar-refractivity contribution >= 4 is 15.9 Å². The Kier molecular flexibility index (Phi) is 6.00. The molecule has 0 aliphatic heterocycles. The number of rotatable bonds is 6. The Bertz CT molecular complexity index is 265. The van der Waals surface area contributed by atoms with Crippen LogP contribution in [-0.4, -0.2) is 0 Å². The molecule has 0 atom stereocenters. The molecule has 0 saturated heterocycles. The van der Waals surface area contributed by atoms with E-state index >= 15 is 0 Å². The molecule has 0 heterocycles. The van der Waals surface area contributed by atoms with Crippen LogP contribution in [0.2, 0.25) is 0 Å². The van der Waals surface area contributed by atoms with Gasteiger partial charge in [-0.1, -0.05) is 48.7 Å². The summed E-state index contributed by atoms with van der Waals surface area (Å²) in [4.78, 5) is 0. The van der Waals surface area contributed by atoms with Gasteiger partial charge in [0, 0.05) is 4.47 Å². The van der Waals surface area contributed by atoms with Crippen LogP contribution in [0.1, 0.15) is 50.7 Å². The smallest absolute Gasteiger partial charge is 0.0180 e. The van der Waals surface area contributed by atoms with Crippen molar-refractivity contribution in [3.8, 4) is 0 Å². The Labute approximate surface area is 102 Å². The van der Waals surface area contributed by atoms with Crippen LogP contribution in [0.4, 0.5) is 0 Å². The minimum absolute atomic E-state index is 1.22. The maximum Gasteiger partial charge on any atom is 0.0180 e. The van der Waals surface area contributed by atoms with Crippen molar-refractivity contribution < 1.29 is 0 Å². The molecule has 0 saturated carbocycles. The van der Waals surface area contributed by atoms with Gasteiger partial charge >= 0.3 is 0 Å². The van der Waals surface area contributed by atoms with Crippen LogP contribution in [0.15, 0.2) is 22.7 Å². The molecule has 0 amide bonds. The average molecular weight is 269 g/mol. The fourth-order valence-electron chi connectivity index (χ4n) is 1.77. The average Bonchev–Trinajstić information content (AvgIpc) is 2.23. The van der Waals surface area contributed by atoms with Gasteiger partial charge in [0.2, 0.25) is 0 Å². The zero-order valence-corrected chi connectivity index (χ0v) is 11.4. The highest BCUT2D eigenvalue weighted by molar-refractivity contribution is 9.10. The van der Waals surface area contributed by atoms with Crippen molar-refractivity contribution in [3.05, 3.63) is 33.8 Å². The van der Waals surface area contributed by atoms with Crippen molar-refractivity contribution in [2.45, 2.75) is 52.4 Å². The summed E-state index contributed by atoms with van der Waals surface area (Å²) in [5.41, 5.74) is 2.97. The molecule has 1 rings (SSSR count). The van der Waals surface area contributed by atoms with Crippen LogP contribution in [0.3, 0.4) is 0 Å². The number of halogens is 1. The van der Waals surface area contributed by atoms with Gasteiger partial charge in [0.15, 0.2) is 0 Å². The van der Waals surface area contributed by atoms with Crippen LogP contribution in [0.25, 0.3) is 0 Å². The fraction of sp³-hybridized carbons (Fsp3) is 0.571. The van der Waals surface area contributed by atoms with E-state index in [0.29, 0.717) is 0 Å². The molecule has 0 aliphatic carbocycles. The molecule has 0 radical (unpaired) electrons. The molecule has 1 heteroatoms. The predicted octanol–water partition coefficient (Wildman–Crippen LogP) is 5.13. The van der Waals surface area contributed by atoms with Gasteiger partial charge in [-0.3, -0.25) is 0 Å². The quantitative estimate of drug-likeness (QED) is 0.671. The number of hydrogen-bond donors (Lipinski definition) is 0. The molecule has 0 aromatic heterocycles. The van der Waals surface area contributed by atoms with Crippen LogP contribution >= 0.6 is 15.9 Å². The molecule has 0 nitrogen and oxygen atoms in total. The molecule has 1 aromatic rings. The Morgan fingerprint density at radius 1 is 0.867 bits per heavy atom. The minimum Gasteiger partial charge on any atom is -0.0654 e. The highest BCUT2D eigenvalue weighted by Crippen LogP contribution is 2.19. The largest absolute Gasteiger partial charge is 0.0654 e. The van der Waals surface area contributed by atoms with Crippen molar-refractivity contribution in [1.29, 1.82) is 0 Å². The van der Waals surface area contributed by atoms with E-state index in [1.807, 2.05) is 0 Å². The van der Waals surface area contributed by atoms with E-state index in [1.54, 1.807) is 0 Å². The number of aryl methyl sites for hydroxylation is 2. The first kappa shape index (κ1) is 12.8. The third kappa shape index (κ3) is 4.83. The molecule has 84 valence electrons. The van der Waals surface area contributed by atoms with E-state index in [1.165, 1.54) is 54.1 Å². The zero-order valence-electron chi connectivity index (χ0n) is 9.85.